The minimum atomic E-state index is -2.78. The summed E-state index contributed by atoms with van der Waals surface area (Å²) in [6, 6.07) is 8.27. The highest BCUT2D eigenvalue weighted by molar-refractivity contribution is 5.85. The molecule has 1 aromatic carbocycles. The van der Waals surface area contributed by atoms with Crippen LogP contribution in [0.1, 0.15) is 17.8 Å². The van der Waals surface area contributed by atoms with Gasteiger partial charge in [0.15, 0.2) is 0 Å². The molecular formula is C20H18F3N5O2. The molecule has 0 atom stereocenters. The fourth-order valence-corrected chi connectivity index (χ4v) is 2.85. The van der Waals surface area contributed by atoms with Crippen molar-refractivity contribution in [3.05, 3.63) is 53.6 Å². The zero-order valence-corrected chi connectivity index (χ0v) is 15.9. The van der Waals surface area contributed by atoms with E-state index in [1.54, 1.807) is 13.0 Å². The van der Waals surface area contributed by atoms with Gasteiger partial charge in [-0.3, -0.25) is 9.78 Å². The standard InChI is InChI=1S/C20H18F3N5O2/c1-11-8-13(9-15(26-11)18(22)23)16-17(12-2-4-14(21)5-3-12)27-20(24)28-19(16)30-7-6-25-10-29/h2-5,8-10,18H,6-7H2,1H3,(H,25,29)(H2,24,27,28). The molecule has 10 heteroatoms. The van der Waals surface area contributed by atoms with Crippen molar-refractivity contribution in [1.82, 2.24) is 20.3 Å². The summed E-state index contributed by atoms with van der Waals surface area (Å²) in [6.07, 6.45) is -2.27. The number of nitrogen functional groups attached to an aromatic ring is 1. The molecule has 3 N–H and O–H groups in total. The number of carbonyl (C=O) groups excluding carboxylic acids is 1. The van der Waals surface area contributed by atoms with E-state index in [0.717, 1.165) is 0 Å². The van der Waals surface area contributed by atoms with E-state index in [1.807, 2.05) is 0 Å². The van der Waals surface area contributed by atoms with E-state index >= 15 is 0 Å². The van der Waals surface area contributed by atoms with E-state index < -0.39 is 17.9 Å². The Hall–Kier alpha value is -3.69. The number of halogens is 3. The van der Waals surface area contributed by atoms with Crippen LogP contribution in [0.5, 0.6) is 5.88 Å². The van der Waals surface area contributed by atoms with Crippen molar-refractivity contribution in [1.29, 1.82) is 0 Å². The topological polar surface area (TPSA) is 103 Å². The molecule has 0 radical (unpaired) electrons. The van der Waals surface area contributed by atoms with Crippen LogP contribution < -0.4 is 15.8 Å². The maximum Gasteiger partial charge on any atom is 0.280 e. The molecule has 0 aliphatic carbocycles. The number of ether oxygens (including phenoxy) is 1. The number of amides is 1. The van der Waals surface area contributed by atoms with Crippen LogP contribution in [0.2, 0.25) is 0 Å². The molecule has 0 bridgehead atoms. The summed E-state index contributed by atoms with van der Waals surface area (Å²) in [5.74, 6) is -0.518. The second kappa shape index (κ2) is 9.21. The molecule has 0 saturated heterocycles. The van der Waals surface area contributed by atoms with Crippen molar-refractivity contribution >= 4 is 12.4 Å². The maximum atomic E-state index is 13.4. The number of hydrogen-bond acceptors (Lipinski definition) is 6. The zero-order valence-electron chi connectivity index (χ0n) is 15.9. The molecule has 0 saturated carbocycles. The lowest BCUT2D eigenvalue weighted by molar-refractivity contribution is -0.109. The molecule has 0 aliphatic heterocycles. The summed E-state index contributed by atoms with van der Waals surface area (Å²) < 4.78 is 45.7. The van der Waals surface area contributed by atoms with Gasteiger partial charge in [-0.1, -0.05) is 0 Å². The van der Waals surface area contributed by atoms with Crippen LogP contribution in [-0.2, 0) is 4.79 Å². The third-order valence-electron chi connectivity index (χ3n) is 4.06. The number of carbonyl (C=O) groups is 1. The number of nitrogens with two attached hydrogens (primary N) is 1. The highest BCUT2D eigenvalue weighted by atomic mass is 19.3. The monoisotopic (exact) mass is 417 g/mol. The number of hydrogen-bond donors (Lipinski definition) is 2. The highest BCUT2D eigenvalue weighted by Gasteiger charge is 2.21. The lowest BCUT2D eigenvalue weighted by atomic mass is 9.99. The van der Waals surface area contributed by atoms with Crippen LogP contribution in [-0.4, -0.2) is 34.5 Å². The van der Waals surface area contributed by atoms with Crippen molar-refractivity contribution < 1.29 is 22.7 Å². The number of anilines is 1. The second-order valence-corrected chi connectivity index (χ2v) is 6.26. The van der Waals surface area contributed by atoms with Gasteiger partial charge in [-0.15, -0.1) is 0 Å². The fraction of sp³-hybridized carbons (Fsp3) is 0.200. The summed E-state index contributed by atoms with van der Waals surface area (Å²) in [5, 5.41) is 2.45. The summed E-state index contributed by atoms with van der Waals surface area (Å²) in [7, 11) is 0. The predicted molar refractivity (Wildman–Crippen MR) is 104 cm³/mol. The molecule has 0 fully saturated rings. The van der Waals surface area contributed by atoms with Crippen LogP contribution in [0.3, 0.4) is 0 Å². The van der Waals surface area contributed by atoms with E-state index in [0.29, 0.717) is 28.8 Å². The molecule has 0 aliphatic rings. The van der Waals surface area contributed by atoms with Gasteiger partial charge in [-0.2, -0.15) is 4.98 Å². The summed E-state index contributed by atoms with van der Waals surface area (Å²) >= 11 is 0. The minimum absolute atomic E-state index is 0.0420. The van der Waals surface area contributed by atoms with Gasteiger partial charge >= 0.3 is 0 Å². The molecule has 3 rings (SSSR count). The number of pyridine rings is 1. The predicted octanol–water partition coefficient (Wildman–Crippen LogP) is 3.30. The SMILES string of the molecule is Cc1cc(-c2c(OCCNC=O)nc(N)nc2-c2ccc(F)cc2)cc(C(F)F)n1. The molecule has 0 spiro atoms. The number of benzene rings is 1. The summed E-state index contributed by atoms with van der Waals surface area (Å²) in [4.78, 5) is 22.6. The molecule has 30 heavy (non-hydrogen) atoms. The van der Waals surface area contributed by atoms with E-state index in [4.69, 9.17) is 10.5 Å². The van der Waals surface area contributed by atoms with Gasteiger partial charge in [0, 0.05) is 11.3 Å². The highest BCUT2D eigenvalue weighted by Crippen LogP contribution is 2.39. The molecule has 0 unspecified atom stereocenters. The third-order valence-corrected chi connectivity index (χ3v) is 4.06. The van der Waals surface area contributed by atoms with Crippen molar-refractivity contribution in [3.63, 3.8) is 0 Å². The first-order chi connectivity index (χ1) is 14.4. The lowest BCUT2D eigenvalue weighted by Crippen LogP contribution is -2.20. The number of nitrogens with one attached hydrogen (secondary N) is 1. The number of rotatable bonds is 8. The van der Waals surface area contributed by atoms with Gasteiger partial charge in [0.25, 0.3) is 6.43 Å². The Kier molecular flexibility index (Phi) is 6.45. The Labute approximate surface area is 170 Å². The van der Waals surface area contributed by atoms with Gasteiger partial charge in [-0.25, -0.2) is 18.2 Å². The van der Waals surface area contributed by atoms with Crippen LogP contribution in [0.15, 0.2) is 36.4 Å². The van der Waals surface area contributed by atoms with Gasteiger partial charge in [-0.05, 0) is 48.9 Å². The Morgan fingerprint density at radius 1 is 1.13 bits per heavy atom. The van der Waals surface area contributed by atoms with Crippen molar-refractivity contribution in [2.45, 2.75) is 13.3 Å². The van der Waals surface area contributed by atoms with Crippen LogP contribution in [0, 0.1) is 12.7 Å². The summed E-state index contributed by atoms with van der Waals surface area (Å²) in [6.45, 7) is 1.83. The van der Waals surface area contributed by atoms with Crippen molar-refractivity contribution in [2.75, 3.05) is 18.9 Å². The van der Waals surface area contributed by atoms with Crippen LogP contribution in [0.25, 0.3) is 22.4 Å². The molecule has 2 aromatic heterocycles. The Morgan fingerprint density at radius 3 is 2.53 bits per heavy atom. The number of nitrogens with zero attached hydrogens (tertiary/aromatic N) is 3. The van der Waals surface area contributed by atoms with E-state index in [1.165, 1.54) is 30.3 Å². The average Bonchev–Trinajstić information content (AvgIpc) is 2.71. The van der Waals surface area contributed by atoms with Crippen LogP contribution in [0.4, 0.5) is 19.1 Å². The smallest absolute Gasteiger partial charge is 0.280 e. The number of aryl methyl sites for hydroxylation is 1. The molecule has 1 amide bonds. The van der Waals surface area contributed by atoms with E-state index in [2.05, 4.69) is 20.3 Å². The quantitative estimate of drug-likeness (QED) is 0.431. The largest absolute Gasteiger partial charge is 0.475 e. The van der Waals surface area contributed by atoms with E-state index in [9.17, 15) is 18.0 Å². The summed E-state index contributed by atoms with van der Waals surface area (Å²) in [5.41, 5.74) is 7.19. The molecule has 7 nitrogen and oxygen atoms in total. The Bertz CT molecular complexity index is 1050. The van der Waals surface area contributed by atoms with Crippen LogP contribution >= 0.6 is 0 Å². The fourth-order valence-electron chi connectivity index (χ4n) is 2.85. The number of alkyl halides is 2. The molecule has 3 aromatic rings. The van der Waals surface area contributed by atoms with Gasteiger partial charge < -0.3 is 15.8 Å². The zero-order chi connectivity index (χ0) is 21.7. The van der Waals surface area contributed by atoms with Crippen molar-refractivity contribution in [3.8, 4) is 28.3 Å². The molecule has 2 heterocycles. The molecular weight excluding hydrogens is 399 g/mol. The first-order valence-corrected chi connectivity index (χ1v) is 8.89. The minimum Gasteiger partial charge on any atom is -0.475 e. The van der Waals surface area contributed by atoms with E-state index in [-0.39, 0.29) is 30.7 Å². The van der Waals surface area contributed by atoms with Crippen molar-refractivity contribution in [2.24, 2.45) is 0 Å². The second-order valence-electron chi connectivity index (χ2n) is 6.26. The average molecular weight is 417 g/mol. The normalized spacial score (nSPS) is 10.8. The first-order valence-electron chi connectivity index (χ1n) is 8.89. The number of aromatic nitrogens is 3. The lowest BCUT2D eigenvalue weighted by Gasteiger charge is -2.16. The molecule has 156 valence electrons. The first kappa shape index (κ1) is 21.0. The Balaban J connectivity index is 2.21. The maximum absolute atomic E-state index is 13.4. The third kappa shape index (κ3) is 4.83. The van der Waals surface area contributed by atoms with Gasteiger partial charge in [0.1, 0.15) is 18.1 Å². The van der Waals surface area contributed by atoms with Gasteiger partial charge in [0.05, 0.1) is 17.8 Å². The van der Waals surface area contributed by atoms with Gasteiger partial charge in [0.2, 0.25) is 18.2 Å². The Morgan fingerprint density at radius 2 is 1.87 bits per heavy atom.